The van der Waals surface area contributed by atoms with Crippen LogP contribution < -0.4 is 5.73 Å². The minimum atomic E-state index is 0.743. The zero-order valence-corrected chi connectivity index (χ0v) is 13.7. The van der Waals surface area contributed by atoms with Gasteiger partial charge in [-0.05, 0) is 17.7 Å². The second-order valence-corrected chi connectivity index (χ2v) is 7.36. The highest BCUT2D eigenvalue weighted by molar-refractivity contribution is 7.98. The number of aromatic nitrogens is 1. The third kappa shape index (κ3) is 4.17. The van der Waals surface area contributed by atoms with Crippen molar-refractivity contribution in [3.63, 3.8) is 0 Å². The largest absolute Gasteiger partial charge is 0.379 e. The van der Waals surface area contributed by atoms with Gasteiger partial charge in [0.1, 0.15) is 5.01 Å². The zero-order chi connectivity index (χ0) is 14.5. The maximum absolute atomic E-state index is 5.53. The highest BCUT2D eigenvalue weighted by Gasteiger charge is 2.13. The Morgan fingerprint density at radius 2 is 2.19 bits per heavy atom. The van der Waals surface area contributed by atoms with E-state index >= 15 is 0 Å². The standard InChI is InChI=1S/C15H21N3OS2/c16-3-8-20-11-12-1-2-14-13(9-12)17-15(21-14)10-18-4-6-19-7-5-18/h1-2,9H,3-8,10-11,16H2. The molecule has 1 aliphatic heterocycles. The molecule has 0 bridgehead atoms. The topological polar surface area (TPSA) is 51.4 Å². The van der Waals surface area contributed by atoms with E-state index in [-0.39, 0.29) is 0 Å². The Balaban J connectivity index is 1.67. The number of benzene rings is 1. The molecule has 4 nitrogen and oxygen atoms in total. The molecule has 3 rings (SSSR count). The van der Waals surface area contributed by atoms with Crippen molar-refractivity contribution in [3.8, 4) is 0 Å². The van der Waals surface area contributed by atoms with Crippen molar-refractivity contribution >= 4 is 33.3 Å². The van der Waals surface area contributed by atoms with Gasteiger partial charge in [-0.15, -0.1) is 11.3 Å². The van der Waals surface area contributed by atoms with E-state index in [2.05, 4.69) is 23.1 Å². The van der Waals surface area contributed by atoms with Crippen molar-refractivity contribution in [2.24, 2.45) is 5.73 Å². The van der Waals surface area contributed by atoms with Crippen LogP contribution in [-0.2, 0) is 17.0 Å². The SMILES string of the molecule is NCCSCc1ccc2sc(CN3CCOCC3)nc2c1. The summed E-state index contributed by atoms with van der Waals surface area (Å²) in [6.45, 7) is 5.39. The van der Waals surface area contributed by atoms with Gasteiger partial charge in [-0.25, -0.2) is 4.98 Å². The number of fused-ring (bicyclic) bond motifs is 1. The smallest absolute Gasteiger partial charge is 0.108 e. The summed E-state index contributed by atoms with van der Waals surface area (Å²) >= 11 is 3.69. The molecule has 0 amide bonds. The third-order valence-electron chi connectivity index (χ3n) is 3.49. The lowest BCUT2D eigenvalue weighted by Crippen LogP contribution is -2.35. The van der Waals surface area contributed by atoms with E-state index in [9.17, 15) is 0 Å². The van der Waals surface area contributed by atoms with Gasteiger partial charge >= 0.3 is 0 Å². The minimum Gasteiger partial charge on any atom is -0.379 e. The lowest BCUT2D eigenvalue weighted by Gasteiger charge is -2.25. The van der Waals surface area contributed by atoms with Gasteiger partial charge in [-0.3, -0.25) is 4.90 Å². The Hall–Kier alpha value is -0.660. The van der Waals surface area contributed by atoms with E-state index in [1.165, 1.54) is 15.3 Å². The molecule has 0 radical (unpaired) electrons. The summed E-state index contributed by atoms with van der Waals surface area (Å²) < 4.78 is 6.67. The third-order valence-corrected chi connectivity index (χ3v) is 5.57. The average molecular weight is 323 g/mol. The van der Waals surface area contributed by atoms with Crippen LogP contribution in [0.3, 0.4) is 0 Å². The first-order valence-corrected chi connectivity index (χ1v) is 9.28. The highest BCUT2D eigenvalue weighted by Crippen LogP contribution is 2.25. The summed E-state index contributed by atoms with van der Waals surface area (Å²) in [5.41, 5.74) is 8.00. The Kier molecular flexibility index (Phi) is 5.49. The number of hydrogen-bond donors (Lipinski definition) is 1. The second-order valence-electron chi connectivity index (χ2n) is 5.14. The van der Waals surface area contributed by atoms with Crippen LogP contribution in [0.15, 0.2) is 18.2 Å². The van der Waals surface area contributed by atoms with Gasteiger partial charge in [0.25, 0.3) is 0 Å². The molecule has 1 aromatic carbocycles. The molecule has 2 heterocycles. The van der Waals surface area contributed by atoms with Gasteiger partial charge < -0.3 is 10.5 Å². The summed E-state index contributed by atoms with van der Waals surface area (Å²) in [7, 11) is 0. The van der Waals surface area contributed by atoms with Crippen LogP contribution in [0.1, 0.15) is 10.6 Å². The normalized spacial score (nSPS) is 16.6. The fourth-order valence-corrected chi connectivity index (χ4v) is 4.12. The van der Waals surface area contributed by atoms with Gasteiger partial charge in [0.15, 0.2) is 0 Å². The Labute approximate surface area is 133 Å². The summed E-state index contributed by atoms with van der Waals surface area (Å²) in [4.78, 5) is 7.21. The number of morpholine rings is 1. The molecule has 2 aromatic rings. The predicted molar refractivity (Wildman–Crippen MR) is 90.9 cm³/mol. The first-order chi connectivity index (χ1) is 10.3. The Bertz CT molecular complexity index is 581. The van der Waals surface area contributed by atoms with Crippen molar-refractivity contribution in [3.05, 3.63) is 28.8 Å². The number of hydrogen-bond acceptors (Lipinski definition) is 6. The molecule has 1 fully saturated rings. The molecular formula is C15H21N3OS2. The zero-order valence-electron chi connectivity index (χ0n) is 12.1. The Morgan fingerprint density at radius 1 is 1.33 bits per heavy atom. The van der Waals surface area contributed by atoms with E-state index < -0.39 is 0 Å². The first-order valence-electron chi connectivity index (χ1n) is 7.31. The second kappa shape index (κ2) is 7.56. The van der Waals surface area contributed by atoms with E-state index in [0.717, 1.165) is 56.4 Å². The van der Waals surface area contributed by atoms with Gasteiger partial charge in [0, 0.05) is 31.1 Å². The van der Waals surface area contributed by atoms with Crippen LogP contribution in [0, 0.1) is 0 Å². The number of nitrogens with zero attached hydrogens (tertiary/aromatic N) is 2. The van der Waals surface area contributed by atoms with E-state index in [4.69, 9.17) is 15.5 Å². The van der Waals surface area contributed by atoms with Gasteiger partial charge in [0.05, 0.1) is 30.0 Å². The van der Waals surface area contributed by atoms with Crippen molar-refractivity contribution in [1.29, 1.82) is 0 Å². The average Bonchev–Trinajstić information content (AvgIpc) is 2.90. The first kappa shape index (κ1) is 15.2. The number of thioether (sulfide) groups is 1. The molecule has 114 valence electrons. The highest BCUT2D eigenvalue weighted by atomic mass is 32.2. The number of ether oxygens (including phenoxy) is 1. The van der Waals surface area contributed by atoms with E-state index in [0.29, 0.717) is 0 Å². The summed E-state index contributed by atoms with van der Waals surface area (Å²) in [5.74, 6) is 2.03. The number of rotatable bonds is 6. The van der Waals surface area contributed by atoms with Crippen molar-refractivity contribution in [2.75, 3.05) is 38.6 Å². The molecule has 21 heavy (non-hydrogen) atoms. The van der Waals surface area contributed by atoms with Crippen LogP contribution in [0.25, 0.3) is 10.2 Å². The summed E-state index contributed by atoms with van der Waals surface area (Å²) in [6, 6.07) is 6.63. The van der Waals surface area contributed by atoms with E-state index in [1.807, 2.05) is 23.1 Å². The van der Waals surface area contributed by atoms with Crippen molar-refractivity contribution < 1.29 is 4.74 Å². The van der Waals surface area contributed by atoms with Crippen molar-refractivity contribution in [2.45, 2.75) is 12.3 Å². The monoisotopic (exact) mass is 323 g/mol. The molecular weight excluding hydrogens is 302 g/mol. The van der Waals surface area contributed by atoms with Crippen LogP contribution in [0.4, 0.5) is 0 Å². The van der Waals surface area contributed by atoms with Gasteiger partial charge in [0.2, 0.25) is 0 Å². The Morgan fingerprint density at radius 3 is 3.00 bits per heavy atom. The van der Waals surface area contributed by atoms with Crippen molar-refractivity contribution in [1.82, 2.24) is 9.88 Å². The van der Waals surface area contributed by atoms with Gasteiger partial charge in [-0.1, -0.05) is 6.07 Å². The number of nitrogens with two attached hydrogens (primary N) is 1. The summed E-state index contributed by atoms with van der Waals surface area (Å²) in [6.07, 6.45) is 0. The molecule has 0 unspecified atom stereocenters. The summed E-state index contributed by atoms with van der Waals surface area (Å²) in [5, 5.41) is 1.21. The molecule has 1 aliphatic rings. The van der Waals surface area contributed by atoms with Crippen LogP contribution in [-0.4, -0.2) is 48.5 Å². The molecule has 0 saturated carbocycles. The van der Waals surface area contributed by atoms with E-state index in [1.54, 1.807) is 0 Å². The maximum Gasteiger partial charge on any atom is 0.108 e. The fourth-order valence-electron chi connectivity index (χ4n) is 2.40. The lowest BCUT2D eigenvalue weighted by molar-refractivity contribution is 0.0342. The molecule has 6 heteroatoms. The van der Waals surface area contributed by atoms with Gasteiger partial charge in [-0.2, -0.15) is 11.8 Å². The number of thiazole rings is 1. The molecule has 0 spiro atoms. The molecule has 1 aromatic heterocycles. The van der Waals surface area contributed by atoms with Crippen LogP contribution >= 0.6 is 23.1 Å². The molecule has 0 aliphatic carbocycles. The van der Waals surface area contributed by atoms with Crippen LogP contribution in [0.5, 0.6) is 0 Å². The molecule has 0 atom stereocenters. The fraction of sp³-hybridized carbons (Fsp3) is 0.533. The minimum absolute atomic E-state index is 0.743. The maximum atomic E-state index is 5.53. The predicted octanol–water partition coefficient (Wildman–Crippen LogP) is 2.32. The lowest BCUT2D eigenvalue weighted by atomic mass is 10.2. The molecule has 1 saturated heterocycles. The quantitative estimate of drug-likeness (QED) is 0.827. The van der Waals surface area contributed by atoms with Crippen LogP contribution in [0.2, 0.25) is 0 Å². The molecule has 2 N–H and O–H groups in total.